The van der Waals surface area contributed by atoms with Crippen LogP contribution in [0.1, 0.15) is 24.8 Å². The molecule has 1 saturated heterocycles. The zero-order valence-corrected chi connectivity index (χ0v) is 14.4. The Morgan fingerprint density at radius 1 is 1.08 bits per heavy atom. The Morgan fingerprint density at radius 3 is 2.76 bits per heavy atom. The van der Waals surface area contributed by atoms with Crippen molar-refractivity contribution in [2.45, 2.75) is 31.8 Å². The van der Waals surface area contributed by atoms with Crippen LogP contribution in [0, 0.1) is 11.8 Å². The lowest BCUT2D eigenvalue weighted by molar-refractivity contribution is 0.0945. The summed E-state index contributed by atoms with van der Waals surface area (Å²) in [4.78, 5) is 5.05. The van der Waals surface area contributed by atoms with E-state index < -0.39 is 0 Å². The van der Waals surface area contributed by atoms with Crippen LogP contribution in [0.2, 0.25) is 0 Å². The number of piperazine rings is 1. The molecule has 6 heteroatoms. The number of fused-ring (bicyclic) bond motifs is 3. The minimum absolute atomic E-state index is 0.329. The molecule has 0 unspecified atom stereocenters. The molecule has 1 aromatic rings. The van der Waals surface area contributed by atoms with E-state index in [4.69, 9.17) is 9.47 Å². The fourth-order valence-corrected chi connectivity index (χ4v) is 5.18. The summed E-state index contributed by atoms with van der Waals surface area (Å²) in [5.41, 5.74) is 2.33. The van der Waals surface area contributed by atoms with Crippen molar-refractivity contribution in [2.75, 3.05) is 33.0 Å². The van der Waals surface area contributed by atoms with E-state index in [0.29, 0.717) is 24.7 Å². The van der Waals surface area contributed by atoms with Gasteiger partial charge in [0.2, 0.25) is 6.79 Å². The van der Waals surface area contributed by atoms with Crippen LogP contribution >= 0.6 is 0 Å². The first-order valence-electron chi connectivity index (χ1n) is 9.38. The Labute approximate surface area is 148 Å². The van der Waals surface area contributed by atoms with E-state index in [0.717, 1.165) is 49.9 Å². The first-order chi connectivity index (χ1) is 12.3. The van der Waals surface area contributed by atoms with E-state index in [1.165, 1.54) is 24.8 Å². The maximum atomic E-state index is 9.44. The minimum Gasteiger partial charge on any atom is -0.454 e. The Morgan fingerprint density at radius 2 is 1.92 bits per heavy atom. The number of oxime groups is 1. The van der Waals surface area contributed by atoms with Crippen LogP contribution in [0.25, 0.3) is 0 Å². The van der Waals surface area contributed by atoms with Gasteiger partial charge >= 0.3 is 0 Å². The summed E-state index contributed by atoms with van der Waals surface area (Å²) >= 11 is 0. The molecule has 2 aliphatic heterocycles. The Balaban J connectivity index is 1.20. The normalized spacial score (nSPS) is 33.4. The molecule has 3 atom stereocenters. The first kappa shape index (κ1) is 15.5. The molecule has 6 nitrogen and oxygen atoms in total. The number of rotatable bonds is 3. The van der Waals surface area contributed by atoms with Crippen LogP contribution < -0.4 is 9.47 Å². The quantitative estimate of drug-likeness (QED) is 0.673. The average molecular weight is 343 g/mol. The zero-order valence-electron chi connectivity index (χ0n) is 14.4. The smallest absolute Gasteiger partial charge is 0.231 e. The van der Waals surface area contributed by atoms with Crippen molar-refractivity contribution < 1.29 is 14.7 Å². The van der Waals surface area contributed by atoms with E-state index in [9.17, 15) is 5.21 Å². The maximum Gasteiger partial charge on any atom is 0.231 e. The van der Waals surface area contributed by atoms with Crippen LogP contribution in [0.15, 0.2) is 23.4 Å². The number of nitrogens with zero attached hydrogens (tertiary/aromatic N) is 3. The third-order valence-electron chi connectivity index (χ3n) is 6.40. The number of benzene rings is 1. The maximum absolute atomic E-state index is 9.44. The van der Waals surface area contributed by atoms with Gasteiger partial charge in [0, 0.05) is 38.6 Å². The molecule has 0 radical (unpaired) electrons. The summed E-state index contributed by atoms with van der Waals surface area (Å²) in [6, 6.07) is 6.62. The third-order valence-corrected chi connectivity index (χ3v) is 6.40. The number of hydrogen-bond acceptors (Lipinski definition) is 6. The monoisotopic (exact) mass is 343 g/mol. The molecule has 2 aliphatic carbocycles. The predicted octanol–water partition coefficient (Wildman–Crippen LogP) is 2.16. The highest BCUT2D eigenvalue weighted by Gasteiger charge is 2.48. The van der Waals surface area contributed by atoms with E-state index in [1.807, 2.05) is 6.07 Å². The fraction of sp³-hybridized carbons (Fsp3) is 0.632. The van der Waals surface area contributed by atoms with E-state index in [2.05, 4.69) is 27.1 Å². The van der Waals surface area contributed by atoms with Crippen molar-refractivity contribution in [1.29, 1.82) is 0 Å². The van der Waals surface area contributed by atoms with Gasteiger partial charge in [0.25, 0.3) is 0 Å². The summed E-state index contributed by atoms with van der Waals surface area (Å²) in [6.45, 7) is 5.49. The fourth-order valence-electron chi connectivity index (χ4n) is 5.18. The molecule has 1 aromatic carbocycles. The molecular weight excluding hydrogens is 318 g/mol. The molecule has 0 aromatic heterocycles. The molecule has 2 saturated carbocycles. The zero-order chi connectivity index (χ0) is 16.8. The topological polar surface area (TPSA) is 57.5 Å². The largest absolute Gasteiger partial charge is 0.454 e. The molecule has 0 amide bonds. The molecule has 134 valence electrons. The van der Waals surface area contributed by atoms with Crippen molar-refractivity contribution in [3.8, 4) is 11.5 Å². The van der Waals surface area contributed by atoms with Crippen molar-refractivity contribution in [3.63, 3.8) is 0 Å². The Hall–Kier alpha value is -1.79. The molecular formula is C19H25N3O3. The SMILES string of the molecule is O/N=C1/[C@H]2CC[C@@H](C2)[C@@H]1N1CCN(Cc2ccc3c(c2)OCO3)CC1. The highest BCUT2D eigenvalue weighted by Crippen LogP contribution is 2.45. The molecule has 1 N–H and O–H groups in total. The predicted molar refractivity (Wildman–Crippen MR) is 93.3 cm³/mol. The minimum atomic E-state index is 0.329. The summed E-state index contributed by atoms with van der Waals surface area (Å²) in [7, 11) is 0. The summed E-state index contributed by atoms with van der Waals surface area (Å²) < 4.78 is 10.9. The summed E-state index contributed by atoms with van der Waals surface area (Å²) in [6.07, 6.45) is 3.73. The van der Waals surface area contributed by atoms with Crippen LogP contribution in [0.4, 0.5) is 0 Å². The van der Waals surface area contributed by atoms with Crippen LogP contribution in [-0.4, -0.2) is 59.7 Å². The molecule has 2 heterocycles. The highest BCUT2D eigenvalue weighted by atomic mass is 16.7. The molecule has 3 fully saturated rings. The second-order valence-corrected chi connectivity index (χ2v) is 7.74. The van der Waals surface area contributed by atoms with E-state index in [1.54, 1.807) is 0 Å². The summed E-state index contributed by atoms with van der Waals surface area (Å²) in [5, 5.41) is 13.1. The lowest BCUT2D eigenvalue weighted by Crippen LogP contribution is -2.54. The van der Waals surface area contributed by atoms with Crippen LogP contribution in [0.3, 0.4) is 0 Å². The molecule has 25 heavy (non-hydrogen) atoms. The third kappa shape index (κ3) is 2.68. The van der Waals surface area contributed by atoms with Gasteiger partial charge in [-0.15, -0.1) is 0 Å². The van der Waals surface area contributed by atoms with E-state index in [-0.39, 0.29) is 0 Å². The molecule has 0 spiro atoms. The summed E-state index contributed by atoms with van der Waals surface area (Å²) in [5.74, 6) is 2.95. The number of hydrogen-bond donors (Lipinski definition) is 1. The van der Waals surface area contributed by atoms with Gasteiger partial charge in [-0.25, -0.2) is 0 Å². The van der Waals surface area contributed by atoms with Crippen molar-refractivity contribution in [2.24, 2.45) is 17.0 Å². The van der Waals surface area contributed by atoms with Crippen molar-refractivity contribution in [1.82, 2.24) is 9.80 Å². The van der Waals surface area contributed by atoms with E-state index >= 15 is 0 Å². The lowest BCUT2D eigenvalue weighted by atomic mass is 9.91. The molecule has 4 aliphatic rings. The van der Waals surface area contributed by atoms with Gasteiger partial charge in [-0.2, -0.15) is 0 Å². The average Bonchev–Trinajstić information content (AvgIpc) is 3.37. The van der Waals surface area contributed by atoms with Crippen molar-refractivity contribution in [3.05, 3.63) is 23.8 Å². The van der Waals surface area contributed by atoms with Crippen LogP contribution in [0.5, 0.6) is 11.5 Å². The van der Waals surface area contributed by atoms with Gasteiger partial charge < -0.3 is 14.7 Å². The second kappa shape index (κ2) is 6.18. The Kier molecular flexibility index (Phi) is 3.82. The lowest BCUT2D eigenvalue weighted by Gasteiger charge is -2.41. The molecule has 5 rings (SSSR count). The van der Waals surface area contributed by atoms with Gasteiger partial charge in [-0.05, 0) is 42.9 Å². The standard InChI is InChI=1S/C19H25N3O3/c23-20-18-14-2-3-15(10-14)19(18)22-7-5-21(6-8-22)11-13-1-4-16-17(9-13)25-12-24-16/h1,4,9,14-15,19,23H,2-3,5-8,10-12H2/b20-18-/t14-,15-,19-/m0/s1. The van der Waals surface area contributed by atoms with Crippen LogP contribution in [-0.2, 0) is 6.54 Å². The van der Waals surface area contributed by atoms with Gasteiger partial charge in [-0.3, -0.25) is 9.80 Å². The molecule has 2 bridgehead atoms. The second-order valence-electron chi connectivity index (χ2n) is 7.74. The Bertz CT molecular complexity index is 684. The first-order valence-corrected chi connectivity index (χ1v) is 9.38. The highest BCUT2D eigenvalue weighted by molar-refractivity contribution is 5.94. The van der Waals surface area contributed by atoms with Gasteiger partial charge in [-0.1, -0.05) is 11.2 Å². The van der Waals surface area contributed by atoms with Gasteiger partial charge in [0.05, 0.1) is 11.8 Å². The van der Waals surface area contributed by atoms with Crippen molar-refractivity contribution >= 4 is 5.71 Å². The van der Waals surface area contributed by atoms with Gasteiger partial charge in [0.15, 0.2) is 11.5 Å². The number of ether oxygens (including phenoxy) is 2. The van der Waals surface area contributed by atoms with Gasteiger partial charge in [0.1, 0.15) is 0 Å².